The summed E-state index contributed by atoms with van der Waals surface area (Å²) in [4.78, 5) is 23.4. The first-order valence-electron chi connectivity index (χ1n) is 5.20. The Morgan fingerprint density at radius 2 is 2.00 bits per heavy atom. The molecular formula is C10H19NO4. The summed E-state index contributed by atoms with van der Waals surface area (Å²) in [5, 5.41) is 8.82. The number of hydrogen-bond acceptors (Lipinski definition) is 3. The monoisotopic (exact) mass is 217 g/mol. The van der Waals surface area contributed by atoms with Gasteiger partial charge in [0.1, 0.15) is 6.04 Å². The number of amides is 1. The molecule has 0 aliphatic carbocycles. The number of unbranched alkanes of at least 4 members (excludes halogenated alkanes) is 1. The number of nitrogens with zero attached hydrogens (tertiary/aromatic N) is 1. The van der Waals surface area contributed by atoms with Crippen LogP contribution in [0.5, 0.6) is 0 Å². The summed E-state index contributed by atoms with van der Waals surface area (Å²) >= 11 is 0. The van der Waals surface area contributed by atoms with Gasteiger partial charge in [-0.15, -0.1) is 0 Å². The van der Waals surface area contributed by atoms with Gasteiger partial charge in [-0.2, -0.15) is 0 Å². The third kappa shape index (κ3) is 4.67. The molecule has 0 fully saturated rings. The summed E-state index contributed by atoms with van der Waals surface area (Å²) in [5.74, 6) is -1.01. The SMILES string of the molecule is CCCCN(C(=O)OCC)[C@H](C)C(=O)O. The fraction of sp³-hybridized carbons (Fsp3) is 0.800. The predicted molar refractivity (Wildman–Crippen MR) is 55.7 cm³/mol. The van der Waals surface area contributed by atoms with Gasteiger partial charge in [0.05, 0.1) is 6.61 Å². The van der Waals surface area contributed by atoms with Crippen molar-refractivity contribution in [2.24, 2.45) is 0 Å². The van der Waals surface area contributed by atoms with E-state index in [1.165, 1.54) is 11.8 Å². The number of carbonyl (C=O) groups is 2. The maximum Gasteiger partial charge on any atom is 0.410 e. The minimum atomic E-state index is -1.01. The minimum absolute atomic E-state index is 0.258. The van der Waals surface area contributed by atoms with Crippen molar-refractivity contribution in [3.05, 3.63) is 0 Å². The minimum Gasteiger partial charge on any atom is -0.480 e. The van der Waals surface area contributed by atoms with E-state index in [1.807, 2.05) is 6.92 Å². The average molecular weight is 217 g/mol. The van der Waals surface area contributed by atoms with Crippen LogP contribution in [0.15, 0.2) is 0 Å². The highest BCUT2D eigenvalue weighted by Crippen LogP contribution is 2.05. The molecule has 0 saturated heterocycles. The molecule has 1 amide bonds. The zero-order chi connectivity index (χ0) is 11.8. The maximum absolute atomic E-state index is 11.4. The number of aliphatic carboxylic acids is 1. The Balaban J connectivity index is 4.41. The summed E-state index contributed by atoms with van der Waals surface area (Å²) < 4.78 is 4.80. The molecule has 1 N–H and O–H groups in total. The number of carboxylic acid groups (broad SMARTS) is 1. The fourth-order valence-electron chi connectivity index (χ4n) is 1.11. The Labute approximate surface area is 90.0 Å². The van der Waals surface area contributed by atoms with E-state index >= 15 is 0 Å². The molecule has 0 aliphatic heterocycles. The van der Waals surface area contributed by atoms with Crippen molar-refractivity contribution in [3.63, 3.8) is 0 Å². The summed E-state index contributed by atoms with van der Waals surface area (Å²) in [5.41, 5.74) is 0. The van der Waals surface area contributed by atoms with Crippen LogP contribution in [0.4, 0.5) is 4.79 Å². The number of ether oxygens (including phenoxy) is 1. The van der Waals surface area contributed by atoms with E-state index in [1.54, 1.807) is 6.92 Å². The molecule has 0 spiro atoms. The highest BCUT2D eigenvalue weighted by atomic mass is 16.6. The van der Waals surface area contributed by atoms with Crippen LogP contribution in [0.25, 0.3) is 0 Å². The van der Waals surface area contributed by atoms with Crippen molar-refractivity contribution in [1.82, 2.24) is 4.90 Å². The molecule has 0 unspecified atom stereocenters. The van der Waals surface area contributed by atoms with Crippen molar-refractivity contribution < 1.29 is 19.4 Å². The van der Waals surface area contributed by atoms with Gasteiger partial charge in [-0.3, -0.25) is 4.90 Å². The molecular weight excluding hydrogens is 198 g/mol. The molecule has 0 aromatic carbocycles. The normalized spacial score (nSPS) is 11.9. The van der Waals surface area contributed by atoms with Gasteiger partial charge in [0, 0.05) is 6.54 Å². The first kappa shape index (κ1) is 13.7. The van der Waals surface area contributed by atoms with Crippen molar-refractivity contribution in [1.29, 1.82) is 0 Å². The smallest absolute Gasteiger partial charge is 0.410 e. The highest BCUT2D eigenvalue weighted by Gasteiger charge is 2.25. The second kappa shape index (κ2) is 7.09. The van der Waals surface area contributed by atoms with E-state index in [0.29, 0.717) is 6.54 Å². The van der Waals surface area contributed by atoms with Crippen LogP contribution in [0, 0.1) is 0 Å². The lowest BCUT2D eigenvalue weighted by molar-refractivity contribution is -0.142. The Hall–Kier alpha value is -1.26. The molecule has 0 aromatic rings. The van der Waals surface area contributed by atoms with Crippen LogP contribution in [0.2, 0.25) is 0 Å². The van der Waals surface area contributed by atoms with E-state index < -0.39 is 18.1 Å². The zero-order valence-corrected chi connectivity index (χ0v) is 9.52. The molecule has 88 valence electrons. The lowest BCUT2D eigenvalue weighted by atomic mass is 10.2. The zero-order valence-electron chi connectivity index (χ0n) is 9.52. The number of hydrogen-bond donors (Lipinski definition) is 1. The molecule has 5 heteroatoms. The standard InChI is InChI=1S/C10H19NO4/c1-4-6-7-11(8(3)9(12)13)10(14)15-5-2/h8H,4-7H2,1-3H3,(H,12,13)/t8-/m1/s1. The number of carboxylic acids is 1. The number of carbonyl (C=O) groups excluding carboxylic acids is 1. The Morgan fingerprint density at radius 3 is 2.40 bits per heavy atom. The first-order chi connectivity index (χ1) is 7.04. The molecule has 0 heterocycles. The van der Waals surface area contributed by atoms with Crippen molar-refractivity contribution in [2.75, 3.05) is 13.2 Å². The third-order valence-electron chi connectivity index (χ3n) is 2.08. The van der Waals surface area contributed by atoms with Gasteiger partial charge in [0.2, 0.25) is 0 Å². The topological polar surface area (TPSA) is 66.8 Å². The van der Waals surface area contributed by atoms with Gasteiger partial charge in [-0.1, -0.05) is 13.3 Å². The van der Waals surface area contributed by atoms with Gasteiger partial charge < -0.3 is 9.84 Å². The summed E-state index contributed by atoms with van der Waals surface area (Å²) in [7, 11) is 0. The van der Waals surface area contributed by atoms with Crippen LogP contribution in [0.1, 0.15) is 33.6 Å². The molecule has 0 saturated carbocycles. The van der Waals surface area contributed by atoms with E-state index in [4.69, 9.17) is 9.84 Å². The van der Waals surface area contributed by atoms with Gasteiger partial charge in [-0.25, -0.2) is 9.59 Å². The van der Waals surface area contributed by atoms with E-state index in [2.05, 4.69) is 0 Å². The summed E-state index contributed by atoms with van der Waals surface area (Å²) in [6.45, 7) is 5.83. The average Bonchev–Trinajstić information content (AvgIpc) is 2.18. The van der Waals surface area contributed by atoms with E-state index in [0.717, 1.165) is 12.8 Å². The number of rotatable bonds is 6. The molecule has 5 nitrogen and oxygen atoms in total. The van der Waals surface area contributed by atoms with Crippen LogP contribution in [-0.4, -0.2) is 41.3 Å². The Bertz CT molecular complexity index is 217. The summed E-state index contributed by atoms with van der Waals surface area (Å²) in [6.07, 6.45) is 1.12. The molecule has 0 bridgehead atoms. The van der Waals surface area contributed by atoms with Gasteiger partial charge in [0.15, 0.2) is 0 Å². The first-order valence-corrected chi connectivity index (χ1v) is 5.20. The fourth-order valence-corrected chi connectivity index (χ4v) is 1.11. The van der Waals surface area contributed by atoms with E-state index in [9.17, 15) is 9.59 Å². The Kier molecular flexibility index (Phi) is 6.49. The van der Waals surface area contributed by atoms with Crippen molar-refractivity contribution in [3.8, 4) is 0 Å². The quantitative estimate of drug-likeness (QED) is 0.735. The van der Waals surface area contributed by atoms with Gasteiger partial charge in [0.25, 0.3) is 0 Å². The molecule has 0 radical (unpaired) electrons. The van der Waals surface area contributed by atoms with Crippen molar-refractivity contribution >= 4 is 12.1 Å². The third-order valence-corrected chi connectivity index (χ3v) is 2.08. The predicted octanol–water partition coefficient (Wildman–Crippen LogP) is 1.72. The Morgan fingerprint density at radius 1 is 1.40 bits per heavy atom. The lowest BCUT2D eigenvalue weighted by Gasteiger charge is -2.25. The van der Waals surface area contributed by atoms with Gasteiger partial charge >= 0.3 is 12.1 Å². The highest BCUT2D eigenvalue weighted by molar-refractivity contribution is 5.79. The summed E-state index contributed by atoms with van der Waals surface area (Å²) in [6, 6.07) is -0.837. The molecule has 0 aliphatic rings. The van der Waals surface area contributed by atoms with Crippen molar-refractivity contribution in [2.45, 2.75) is 39.7 Å². The van der Waals surface area contributed by atoms with Crippen LogP contribution in [0.3, 0.4) is 0 Å². The molecule has 15 heavy (non-hydrogen) atoms. The van der Waals surface area contributed by atoms with Gasteiger partial charge in [-0.05, 0) is 20.3 Å². The molecule has 0 aromatic heterocycles. The van der Waals surface area contributed by atoms with Crippen LogP contribution < -0.4 is 0 Å². The van der Waals surface area contributed by atoms with Crippen LogP contribution >= 0.6 is 0 Å². The van der Waals surface area contributed by atoms with Crippen LogP contribution in [-0.2, 0) is 9.53 Å². The molecule has 1 atom stereocenters. The second-order valence-corrected chi connectivity index (χ2v) is 3.26. The largest absolute Gasteiger partial charge is 0.480 e. The second-order valence-electron chi connectivity index (χ2n) is 3.26. The lowest BCUT2D eigenvalue weighted by Crippen LogP contribution is -2.44. The molecule has 0 rings (SSSR count). The maximum atomic E-state index is 11.4. The van der Waals surface area contributed by atoms with E-state index in [-0.39, 0.29) is 6.61 Å².